The van der Waals surface area contributed by atoms with Gasteiger partial charge >= 0.3 is 6.09 Å². The van der Waals surface area contributed by atoms with E-state index >= 15 is 0 Å². The molecule has 2 heterocycles. The summed E-state index contributed by atoms with van der Waals surface area (Å²) in [6.07, 6.45) is -1.75. The number of fused-ring (bicyclic) bond motifs is 1. The molecule has 0 saturated carbocycles. The summed E-state index contributed by atoms with van der Waals surface area (Å²) in [4.78, 5) is 35.5. The Balaban J connectivity index is 1.36. The molecule has 1 N–H and O–H groups in total. The number of hydrogen-bond donors (Lipinski definition) is 1. The molecule has 0 radical (unpaired) electrons. The molecule has 4 rings (SSSR count). The number of benzene rings is 2. The quantitative estimate of drug-likeness (QED) is 0.165. The number of amides is 2. The van der Waals surface area contributed by atoms with Gasteiger partial charge in [0.05, 0.1) is 25.0 Å². The SMILES string of the molecule is CC(C)[C@@H](CN1CC(C)(C)c2cc(F)ccc21)NC(=O)O[C@@H](CSOOCc1ccccc1)C(=O)N1CCOCC1. The fourth-order valence-corrected chi connectivity index (χ4v) is 5.55. The van der Waals surface area contributed by atoms with E-state index in [2.05, 4.69) is 24.1 Å². The second-order valence-electron chi connectivity index (χ2n) is 11.4. The first-order valence-electron chi connectivity index (χ1n) is 14.0. The maximum atomic E-state index is 14.0. The molecule has 0 unspecified atom stereocenters. The predicted molar refractivity (Wildman–Crippen MR) is 156 cm³/mol. The number of carbonyl (C=O) groups is 2. The molecular formula is C30H40FN3O6S. The summed E-state index contributed by atoms with van der Waals surface area (Å²) in [5, 5.41) is 2.97. The van der Waals surface area contributed by atoms with Crippen LogP contribution in [0, 0.1) is 11.7 Å². The van der Waals surface area contributed by atoms with E-state index in [1.54, 1.807) is 17.0 Å². The van der Waals surface area contributed by atoms with Crippen molar-refractivity contribution in [3.05, 3.63) is 65.5 Å². The third-order valence-electron chi connectivity index (χ3n) is 7.37. The van der Waals surface area contributed by atoms with Crippen molar-refractivity contribution in [2.24, 2.45) is 5.92 Å². The van der Waals surface area contributed by atoms with Crippen molar-refractivity contribution in [1.29, 1.82) is 0 Å². The Labute approximate surface area is 245 Å². The summed E-state index contributed by atoms with van der Waals surface area (Å²) in [6.45, 7) is 11.4. The summed E-state index contributed by atoms with van der Waals surface area (Å²) in [5.74, 6) is -0.429. The molecule has 2 aliphatic heterocycles. The van der Waals surface area contributed by atoms with E-state index in [0.717, 1.165) is 28.9 Å². The lowest BCUT2D eigenvalue weighted by Gasteiger charge is -2.32. The van der Waals surface area contributed by atoms with E-state index in [4.69, 9.17) is 18.7 Å². The Morgan fingerprint density at radius 1 is 1.12 bits per heavy atom. The summed E-state index contributed by atoms with van der Waals surface area (Å²) in [6, 6.07) is 14.1. The highest BCUT2D eigenvalue weighted by molar-refractivity contribution is 7.94. The number of nitrogens with zero attached hydrogens (tertiary/aromatic N) is 2. The van der Waals surface area contributed by atoms with Crippen molar-refractivity contribution in [3.63, 3.8) is 0 Å². The van der Waals surface area contributed by atoms with Gasteiger partial charge in [0, 0.05) is 49.3 Å². The van der Waals surface area contributed by atoms with Gasteiger partial charge in [-0.2, -0.15) is 4.33 Å². The minimum atomic E-state index is -1.07. The highest BCUT2D eigenvalue weighted by Gasteiger charge is 2.37. The topological polar surface area (TPSA) is 89.6 Å². The Morgan fingerprint density at radius 2 is 1.85 bits per heavy atom. The second kappa shape index (κ2) is 14.4. The van der Waals surface area contributed by atoms with E-state index in [9.17, 15) is 14.0 Å². The van der Waals surface area contributed by atoms with Gasteiger partial charge in [-0.1, -0.05) is 58.0 Å². The number of carbonyl (C=O) groups excluding carboxylic acids is 2. The first-order valence-corrected chi connectivity index (χ1v) is 14.9. The maximum absolute atomic E-state index is 14.0. The molecule has 41 heavy (non-hydrogen) atoms. The van der Waals surface area contributed by atoms with E-state index < -0.39 is 12.2 Å². The van der Waals surface area contributed by atoms with Crippen LogP contribution in [-0.2, 0) is 35.5 Å². The summed E-state index contributed by atoms with van der Waals surface area (Å²) in [7, 11) is 0. The summed E-state index contributed by atoms with van der Waals surface area (Å²) in [5.41, 5.74) is 2.63. The van der Waals surface area contributed by atoms with Gasteiger partial charge in [0.25, 0.3) is 5.91 Å². The third kappa shape index (κ3) is 8.57. The average molecular weight is 590 g/mol. The van der Waals surface area contributed by atoms with Crippen LogP contribution in [0.15, 0.2) is 48.5 Å². The van der Waals surface area contributed by atoms with Crippen LogP contribution in [-0.4, -0.2) is 74.2 Å². The maximum Gasteiger partial charge on any atom is 0.408 e. The molecule has 0 aromatic heterocycles. The number of nitrogens with one attached hydrogen (secondary N) is 1. The van der Waals surface area contributed by atoms with Gasteiger partial charge in [-0.3, -0.25) is 4.79 Å². The zero-order chi connectivity index (χ0) is 29.4. The predicted octanol–water partition coefficient (Wildman–Crippen LogP) is 4.70. The van der Waals surface area contributed by atoms with Crippen molar-refractivity contribution in [1.82, 2.24) is 10.2 Å². The molecule has 224 valence electrons. The molecule has 11 heteroatoms. The van der Waals surface area contributed by atoms with Crippen molar-refractivity contribution < 1.29 is 32.7 Å². The number of rotatable bonds is 12. The van der Waals surface area contributed by atoms with Crippen LogP contribution in [0.25, 0.3) is 0 Å². The Kier molecular flexibility index (Phi) is 10.9. The first kappa shape index (κ1) is 31.1. The highest BCUT2D eigenvalue weighted by atomic mass is 32.2. The van der Waals surface area contributed by atoms with Crippen LogP contribution in [0.4, 0.5) is 14.9 Å². The zero-order valence-corrected chi connectivity index (χ0v) is 25.0. The summed E-state index contributed by atoms with van der Waals surface area (Å²) >= 11 is 0.915. The highest BCUT2D eigenvalue weighted by Crippen LogP contribution is 2.40. The van der Waals surface area contributed by atoms with Crippen LogP contribution in [0.3, 0.4) is 0 Å². The van der Waals surface area contributed by atoms with Crippen molar-refractivity contribution >= 4 is 29.7 Å². The van der Waals surface area contributed by atoms with E-state index in [-0.39, 0.29) is 41.5 Å². The number of ether oxygens (including phenoxy) is 2. The Bertz CT molecular complexity index is 1160. The lowest BCUT2D eigenvalue weighted by molar-refractivity contribution is -0.202. The van der Waals surface area contributed by atoms with Crippen molar-refractivity contribution in [2.75, 3.05) is 50.0 Å². The van der Waals surface area contributed by atoms with Crippen molar-refractivity contribution in [3.8, 4) is 0 Å². The number of halogens is 1. The smallest absolute Gasteiger partial charge is 0.408 e. The van der Waals surface area contributed by atoms with Gasteiger partial charge in [0.1, 0.15) is 12.4 Å². The molecule has 2 aromatic rings. The van der Waals surface area contributed by atoms with Crippen LogP contribution < -0.4 is 10.2 Å². The molecule has 2 aliphatic rings. The largest absolute Gasteiger partial charge is 0.435 e. The third-order valence-corrected chi connectivity index (χ3v) is 8.00. The van der Waals surface area contributed by atoms with Crippen LogP contribution in [0.1, 0.15) is 38.8 Å². The fraction of sp³-hybridized carbons (Fsp3) is 0.533. The molecule has 9 nitrogen and oxygen atoms in total. The second-order valence-corrected chi connectivity index (χ2v) is 12.1. The molecule has 2 amide bonds. The van der Waals surface area contributed by atoms with Gasteiger partial charge < -0.3 is 24.6 Å². The number of hydrogen-bond acceptors (Lipinski definition) is 8. The molecule has 1 fully saturated rings. The number of morpholine rings is 1. The molecule has 2 atom stereocenters. The van der Waals surface area contributed by atoms with E-state index in [1.807, 2.05) is 44.2 Å². The Hall–Kier alpha value is -2.86. The fourth-order valence-electron chi connectivity index (χ4n) is 5.04. The van der Waals surface area contributed by atoms with Gasteiger partial charge in [0.2, 0.25) is 0 Å². The van der Waals surface area contributed by atoms with E-state index in [1.165, 1.54) is 6.07 Å². The molecule has 0 bridgehead atoms. The molecular weight excluding hydrogens is 549 g/mol. The van der Waals surface area contributed by atoms with Gasteiger partial charge in [-0.05, 0) is 35.2 Å². The lowest BCUT2D eigenvalue weighted by atomic mass is 9.87. The van der Waals surface area contributed by atoms with Crippen LogP contribution >= 0.6 is 12.0 Å². The summed E-state index contributed by atoms with van der Waals surface area (Å²) < 4.78 is 30.3. The normalized spacial score (nSPS) is 17.7. The van der Waals surface area contributed by atoms with Gasteiger partial charge in [-0.15, -0.1) is 0 Å². The zero-order valence-electron chi connectivity index (χ0n) is 24.1. The van der Waals surface area contributed by atoms with Crippen LogP contribution in [0.5, 0.6) is 0 Å². The monoisotopic (exact) mass is 589 g/mol. The Morgan fingerprint density at radius 3 is 2.56 bits per heavy atom. The molecule has 1 saturated heterocycles. The standard InChI is InChI=1S/C30H40FN3O6S/c1-21(2)25(17-34-20-30(3,4)24-16-23(31)10-11-26(24)34)32-29(36)39-27(28(35)33-12-14-37-15-13-33)19-41-40-38-18-22-8-6-5-7-9-22/h5-11,16,21,25,27H,12-15,17-20H2,1-4H3,(H,32,36)/t25-,27+/m1/s1. The van der Waals surface area contributed by atoms with Gasteiger partial charge in [0.15, 0.2) is 6.10 Å². The molecule has 2 aromatic carbocycles. The minimum Gasteiger partial charge on any atom is -0.435 e. The average Bonchev–Trinajstić information content (AvgIpc) is 3.20. The van der Waals surface area contributed by atoms with Crippen LogP contribution in [0.2, 0.25) is 0 Å². The minimum absolute atomic E-state index is 0.0595. The van der Waals surface area contributed by atoms with Gasteiger partial charge in [-0.25, -0.2) is 14.1 Å². The lowest BCUT2D eigenvalue weighted by Crippen LogP contribution is -2.51. The number of anilines is 1. The molecule has 0 aliphatic carbocycles. The van der Waals surface area contributed by atoms with Crippen molar-refractivity contribution in [2.45, 2.75) is 51.9 Å². The first-order chi connectivity index (χ1) is 19.6. The van der Waals surface area contributed by atoms with E-state index in [0.29, 0.717) is 39.4 Å². The molecule has 0 spiro atoms. The number of alkyl carbamates (subject to hydrolysis) is 1.